The number of ether oxygens (including phenoxy) is 1. The lowest BCUT2D eigenvalue weighted by Crippen LogP contribution is -1.95. The Morgan fingerprint density at radius 2 is 2.05 bits per heavy atom. The number of nitrogens with zero attached hydrogens (tertiary/aromatic N) is 3. The zero-order chi connectivity index (χ0) is 14.3. The minimum absolute atomic E-state index is 0.0905. The Bertz CT molecular complexity index is 798. The van der Waals surface area contributed by atoms with Gasteiger partial charge in [0.25, 0.3) is 0 Å². The van der Waals surface area contributed by atoms with Crippen molar-refractivity contribution < 1.29 is 9.84 Å². The number of rotatable bonds is 2. The van der Waals surface area contributed by atoms with Gasteiger partial charge in [0.05, 0.1) is 18.5 Å². The number of phenols is 1. The van der Waals surface area contributed by atoms with Crippen LogP contribution < -0.4 is 4.74 Å². The maximum atomic E-state index is 9.84. The quantitative estimate of drug-likeness (QED) is 0.782. The van der Waals surface area contributed by atoms with Crippen molar-refractivity contribution in [2.24, 2.45) is 0 Å². The summed E-state index contributed by atoms with van der Waals surface area (Å²) < 4.78 is 7.59. The lowest BCUT2D eigenvalue weighted by Gasteiger charge is -2.06. The van der Waals surface area contributed by atoms with Crippen LogP contribution in [0.5, 0.6) is 11.5 Å². The number of benzene rings is 1. The second kappa shape index (κ2) is 4.79. The topological polar surface area (TPSA) is 59.7 Å². The standard InChI is InChI=1S/C14H12BrN3O2/c1-8-14(15)18-13(16-8)6-4-10(17-18)9-3-5-12(20-2)11(19)7-9/h3-7,19H,1-2H3. The van der Waals surface area contributed by atoms with E-state index in [1.807, 2.05) is 25.1 Å². The van der Waals surface area contributed by atoms with Crippen LogP contribution in [0, 0.1) is 6.92 Å². The van der Waals surface area contributed by atoms with E-state index in [0.717, 1.165) is 27.2 Å². The van der Waals surface area contributed by atoms with Crippen LogP contribution in [0.2, 0.25) is 0 Å². The summed E-state index contributed by atoms with van der Waals surface area (Å²) in [7, 11) is 1.52. The Morgan fingerprint density at radius 3 is 2.75 bits per heavy atom. The van der Waals surface area contributed by atoms with E-state index in [1.165, 1.54) is 7.11 Å². The number of aromatic nitrogens is 3. The van der Waals surface area contributed by atoms with E-state index in [-0.39, 0.29) is 5.75 Å². The van der Waals surface area contributed by atoms with Crippen LogP contribution in [0.3, 0.4) is 0 Å². The molecule has 3 rings (SSSR count). The second-order valence-corrected chi connectivity index (χ2v) is 5.11. The van der Waals surface area contributed by atoms with Crippen LogP contribution in [0.25, 0.3) is 16.9 Å². The molecule has 0 radical (unpaired) electrons. The first-order valence-corrected chi connectivity index (χ1v) is 6.78. The summed E-state index contributed by atoms with van der Waals surface area (Å²) in [6, 6.07) is 8.96. The Morgan fingerprint density at radius 1 is 1.25 bits per heavy atom. The van der Waals surface area contributed by atoms with Crippen molar-refractivity contribution in [2.75, 3.05) is 7.11 Å². The molecule has 0 bridgehead atoms. The summed E-state index contributed by atoms with van der Waals surface area (Å²) in [6.45, 7) is 1.91. The number of phenolic OH excluding ortho intramolecular Hbond substituents is 1. The van der Waals surface area contributed by atoms with Crippen molar-refractivity contribution in [1.29, 1.82) is 0 Å². The third-order valence-corrected chi connectivity index (χ3v) is 3.97. The van der Waals surface area contributed by atoms with E-state index in [4.69, 9.17) is 4.74 Å². The molecule has 2 aromatic heterocycles. The zero-order valence-corrected chi connectivity index (χ0v) is 12.5. The molecule has 3 aromatic rings. The van der Waals surface area contributed by atoms with Gasteiger partial charge in [0.15, 0.2) is 17.1 Å². The van der Waals surface area contributed by atoms with Gasteiger partial charge in [-0.3, -0.25) is 0 Å². The second-order valence-electron chi connectivity index (χ2n) is 4.36. The highest BCUT2D eigenvalue weighted by Gasteiger charge is 2.10. The van der Waals surface area contributed by atoms with E-state index < -0.39 is 0 Å². The molecule has 0 saturated carbocycles. The number of hydrogen-bond donors (Lipinski definition) is 1. The molecule has 0 spiro atoms. The molecule has 0 saturated heterocycles. The molecule has 5 nitrogen and oxygen atoms in total. The van der Waals surface area contributed by atoms with Crippen molar-refractivity contribution in [3.8, 4) is 22.8 Å². The van der Waals surface area contributed by atoms with Crippen LogP contribution >= 0.6 is 15.9 Å². The Hall–Kier alpha value is -2.08. The summed E-state index contributed by atoms with van der Waals surface area (Å²) in [5.41, 5.74) is 3.21. The number of halogens is 1. The number of hydrogen-bond acceptors (Lipinski definition) is 4. The molecule has 0 unspecified atom stereocenters. The molecule has 6 heteroatoms. The van der Waals surface area contributed by atoms with Crippen LogP contribution in [-0.4, -0.2) is 26.8 Å². The fourth-order valence-corrected chi connectivity index (χ4v) is 2.37. The van der Waals surface area contributed by atoms with E-state index in [9.17, 15) is 5.11 Å². The predicted molar refractivity (Wildman–Crippen MR) is 79.1 cm³/mol. The maximum Gasteiger partial charge on any atom is 0.160 e. The van der Waals surface area contributed by atoms with E-state index in [1.54, 1.807) is 16.6 Å². The summed E-state index contributed by atoms with van der Waals surface area (Å²) in [5.74, 6) is 0.530. The van der Waals surface area contributed by atoms with Crippen LogP contribution in [0.15, 0.2) is 34.9 Å². The molecule has 0 aliphatic carbocycles. The number of methoxy groups -OCH3 is 1. The lowest BCUT2D eigenvalue weighted by atomic mass is 10.1. The minimum Gasteiger partial charge on any atom is -0.504 e. The molecule has 20 heavy (non-hydrogen) atoms. The Kier molecular flexibility index (Phi) is 3.10. The molecular weight excluding hydrogens is 322 g/mol. The van der Waals surface area contributed by atoms with Gasteiger partial charge in [-0.2, -0.15) is 5.10 Å². The van der Waals surface area contributed by atoms with Gasteiger partial charge >= 0.3 is 0 Å². The molecule has 102 valence electrons. The average molecular weight is 334 g/mol. The average Bonchev–Trinajstić information content (AvgIpc) is 2.74. The van der Waals surface area contributed by atoms with Crippen LogP contribution in [-0.2, 0) is 0 Å². The summed E-state index contributed by atoms with van der Waals surface area (Å²) in [6.07, 6.45) is 0. The molecule has 0 amide bonds. The highest BCUT2D eigenvalue weighted by Crippen LogP contribution is 2.30. The molecule has 1 N–H and O–H groups in total. The maximum absolute atomic E-state index is 9.84. The molecule has 0 atom stereocenters. The fourth-order valence-electron chi connectivity index (χ4n) is 2.02. The molecule has 2 heterocycles. The third kappa shape index (κ3) is 2.02. The largest absolute Gasteiger partial charge is 0.504 e. The molecule has 0 fully saturated rings. The number of aromatic hydroxyl groups is 1. The van der Waals surface area contributed by atoms with Gasteiger partial charge in [0.2, 0.25) is 0 Å². The monoisotopic (exact) mass is 333 g/mol. The van der Waals surface area contributed by atoms with Crippen LogP contribution in [0.1, 0.15) is 5.69 Å². The van der Waals surface area contributed by atoms with E-state index >= 15 is 0 Å². The third-order valence-electron chi connectivity index (χ3n) is 3.06. The highest BCUT2D eigenvalue weighted by atomic mass is 79.9. The molecule has 0 aliphatic rings. The summed E-state index contributed by atoms with van der Waals surface area (Å²) in [5, 5.41) is 14.4. The van der Waals surface area contributed by atoms with Gasteiger partial charge in [0, 0.05) is 5.56 Å². The SMILES string of the molecule is COc1ccc(-c2ccc3nc(C)c(Br)n3n2)cc1O. The zero-order valence-electron chi connectivity index (χ0n) is 11.0. The minimum atomic E-state index is 0.0905. The number of aryl methyl sites for hydroxylation is 1. The van der Waals surface area contributed by atoms with Gasteiger partial charge < -0.3 is 9.84 Å². The van der Waals surface area contributed by atoms with Gasteiger partial charge in [-0.05, 0) is 53.2 Å². The normalized spacial score (nSPS) is 10.9. The van der Waals surface area contributed by atoms with Crippen molar-refractivity contribution in [2.45, 2.75) is 6.92 Å². The van der Waals surface area contributed by atoms with Crippen molar-refractivity contribution in [3.63, 3.8) is 0 Å². The smallest absolute Gasteiger partial charge is 0.160 e. The predicted octanol–water partition coefficient (Wildman–Crippen LogP) is 3.18. The van der Waals surface area contributed by atoms with Crippen molar-refractivity contribution in [1.82, 2.24) is 14.6 Å². The first-order valence-electron chi connectivity index (χ1n) is 5.99. The van der Waals surface area contributed by atoms with Gasteiger partial charge in [0.1, 0.15) is 4.60 Å². The van der Waals surface area contributed by atoms with Gasteiger partial charge in [-0.25, -0.2) is 9.50 Å². The Labute approximate surface area is 124 Å². The highest BCUT2D eigenvalue weighted by molar-refractivity contribution is 9.10. The molecule has 1 aromatic carbocycles. The number of imidazole rings is 1. The van der Waals surface area contributed by atoms with Crippen LogP contribution in [0.4, 0.5) is 0 Å². The van der Waals surface area contributed by atoms with Crippen molar-refractivity contribution in [3.05, 3.63) is 40.6 Å². The summed E-state index contributed by atoms with van der Waals surface area (Å²) in [4.78, 5) is 4.38. The Balaban J connectivity index is 2.14. The lowest BCUT2D eigenvalue weighted by molar-refractivity contribution is 0.373. The summed E-state index contributed by atoms with van der Waals surface area (Å²) >= 11 is 3.46. The first-order chi connectivity index (χ1) is 9.60. The molecular formula is C14H12BrN3O2. The number of fused-ring (bicyclic) bond motifs is 1. The fraction of sp³-hybridized carbons (Fsp3) is 0.143. The van der Waals surface area contributed by atoms with Crippen molar-refractivity contribution >= 4 is 21.6 Å². The van der Waals surface area contributed by atoms with Gasteiger partial charge in [-0.15, -0.1) is 0 Å². The first kappa shape index (κ1) is 12.9. The molecule has 0 aliphatic heterocycles. The van der Waals surface area contributed by atoms with E-state index in [0.29, 0.717) is 5.75 Å². The van der Waals surface area contributed by atoms with E-state index in [2.05, 4.69) is 26.0 Å². The van der Waals surface area contributed by atoms with Gasteiger partial charge in [-0.1, -0.05) is 0 Å².